The van der Waals surface area contributed by atoms with E-state index in [1.54, 1.807) is 0 Å². The number of hydrogen-bond acceptors (Lipinski definition) is 3. The summed E-state index contributed by atoms with van der Waals surface area (Å²) in [4.78, 5) is 10.6. The van der Waals surface area contributed by atoms with E-state index in [9.17, 15) is 13.2 Å². The second-order valence-corrected chi connectivity index (χ2v) is 7.41. The highest BCUT2D eigenvalue weighted by atomic mass is 32.2. The van der Waals surface area contributed by atoms with Crippen LogP contribution in [0, 0.1) is 5.41 Å². The van der Waals surface area contributed by atoms with Crippen molar-refractivity contribution < 1.29 is 18.3 Å². The Kier molecular flexibility index (Phi) is 3.64. The third kappa shape index (κ3) is 4.09. The maximum absolute atomic E-state index is 12.0. The molecule has 0 aromatic heterocycles. The van der Waals surface area contributed by atoms with E-state index in [1.165, 1.54) is 0 Å². The molecule has 94 valence electrons. The van der Waals surface area contributed by atoms with Crippen LogP contribution in [0.4, 0.5) is 0 Å². The number of aliphatic carboxylic acids is 1. The van der Waals surface area contributed by atoms with Crippen molar-refractivity contribution in [1.29, 1.82) is 0 Å². The zero-order valence-corrected chi connectivity index (χ0v) is 10.7. The van der Waals surface area contributed by atoms with Crippen molar-refractivity contribution in [3.63, 3.8) is 0 Å². The molecule has 1 fully saturated rings. The van der Waals surface area contributed by atoms with Gasteiger partial charge in [0, 0.05) is 6.04 Å². The van der Waals surface area contributed by atoms with Gasteiger partial charge in [-0.25, -0.2) is 8.42 Å². The molecular formula is C10H19NO4S. The molecule has 1 aliphatic rings. The molecular weight excluding hydrogens is 230 g/mol. The van der Waals surface area contributed by atoms with E-state index in [1.807, 2.05) is 20.8 Å². The summed E-state index contributed by atoms with van der Waals surface area (Å²) in [5, 5.41) is 8.72. The lowest BCUT2D eigenvalue weighted by molar-refractivity contribution is -0.137. The van der Waals surface area contributed by atoms with Gasteiger partial charge < -0.3 is 5.11 Å². The minimum absolute atomic E-state index is 0.0101. The molecule has 0 spiro atoms. The number of carboxylic acids is 1. The zero-order chi connectivity index (χ0) is 12.6. The Labute approximate surface area is 96.5 Å². The van der Waals surface area contributed by atoms with E-state index in [4.69, 9.17) is 5.11 Å². The molecule has 0 radical (unpaired) electrons. The lowest BCUT2D eigenvalue weighted by Crippen LogP contribution is -2.41. The first-order chi connectivity index (χ1) is 7.12. The molecule has 1 saturated carbocycles. The van der Waals surface area contributed by atoms with Crippen molar-refractivity contribution in [3.8, 4) is 0 Å². The summed E-state index contributed by atoms with van der Waals surface area (Å²) < 4.78 is 25.2. The fourth-order valence-electron chi connectivity index (χ4n) is 1.58. The maximum Gasteiger partial charge on any atom is 0.318 e. The summed E-state index contributed by atoms with van der Waals surface area (Å²) in [6, 6.07) is -0.0940. The van der Waals surface area contributed by atoms with Gasteiger partial charge in [-0.2, -0.15) is 4.31 Å². The van der Waals surface area contributed by atoms with Crippen molar-refractivity contribution >= 4 is 16.0 Å². The highest BCUT2D eigenvalue weighted by Gasteiger charge is 2.39. The fraction of sp³-hybridized carbons (Fsp3) is 0.900. The van der Waals surface area contributed by atoms with Crippen LogP contribution in [0.15, 0.2) is 0 Å². The molecule has 1 N–H and O–H groups in total. The van der Waals surface area contributed by atoms with Gasteiger partial charge >= 0.3 is 5.97 Å². The molecule has 0 amide bonds. The summed E-state index contributed by atoms with van der Waals surface area (Å²) in [5.41, 5.74) is -0.357. The lowest BCUT2D eigenvalue weighted by Gasteiger charge is -2.25. The second kappa shape index (κ2) is 4.33. The molecule has 0 aromatic carbocycles. The van der Waals surface area contributed by atoms with Crippen LogP contribution in [-0.4, -0.2) is 42.1 Å². The molecule has 0 unspecified atom stereocenters. The third-order valence-electron chi connectivity index (χ3n) is 2.22. The smallest absolute Gasteiger partial charge is 0.318 e. The highest BCUT2D eigenvalue weighted by molar-refractivity contribution is 7.89. The van der Waals surface area contributed by atoms with E-state index in [0.717, 1.165) is 17.1 Å². The van der Waals surface area contributed by atoms with Gasteiger partial charge in [0.1, 0.15) is 6.54 Å². The topological polar surface area (TPSA) is 74.7 Å². The molecule has 16 heavy (non-hydrogen) atoms. The number of carboxylic acid groups (broad SMARTS) is 1. The van der Waals surface area contributed by atoms with Crippen molar-refractivity contribution in [2.45, 2.75) is 39.7 Å². The van der Waals surface area contributed by atoms with E-state index < -0.39 is 22.5 Å². The first-order valence-corrected chi connectivity index (χ1v) is 6.94. The number of hydrogen-bond donors (Lipinski definition) is 1. The number of carbonyl (C=O) groups is 1. The van der Waals surface area contributed by atoms with Crippen LogP contribution in [0.5, 0.6) is 0 Å². The van der Waals surface area contributed by atoms with Gasteiger partial charge in [0.15, 0.2) is 0 Å². The molecule has 1 aliphatic carbocycles. The summed E-state index contributed by atoms with van der Waals surface area (Å²) in [6.45, 7) is 5.08. The maximum atomic E-state index is 12.0. The Morgan fingerprint density at radius 2 is 1.88 bits per heavy atom. The van der Waals surface area contributed by atoms with Gasteiger partial charge in [-0.1, -0.05) is 20.8 Å². The molecule has 1 rings (SSSR count). The Balaban J connectivity index is 2.80. The largest absolute Gasteiger partial charge is 0.480 e. The first kappa shape index (κ1) is 13.4. The van der Waals surface area contributed by atoms with Gasteiger partial charge in [0.25, 0.3) is 0 Å². The van der Waals surface area contributed by atoms with Crippen LogP contribution in [0.25, 0.3) is 0 Å². The van der Waals surface area contributed by atoms with Crippen LogP contribution in [0.3, 0.4) is 0 Å². The van der Waals surface area contributed by atoms with E-state index in [2.05, 4.69) is 0 Å². The monoisotopic (exact) mass is 249 g/mol. The Bertz CT molecular complexity index is 365. The van der Waals surface area contributed by atoms with Crippen LogP contribution in [0.2, 0.25) is 0 Å². The summed E-state index contributed by atoms with van der Waals surface area (Å²) in [5.74, 6) is -1.10. The van der Waals surface area contributed by atoms with Crippen LogP contribution in [-0.2, 0) is 14.8 Å². The van der Waals surface area contributed by atoms with Crippen LogP contribution >= 0.6 is 0 Å². The van der Waals surface area contributed by atoms with Gasteiger partial charge in [-0.3, -0.25) is 4.79 Å². The quantitative estimate of drug-likeness (QED) is 0.786. The second-order valence-electron chi connectivity index (χ2n) is 5.49. The van der Waals surface area contributed by atoms with Crippen LogP contribution in [0.1, 0.15) is 33.6 Å². The van der Waals surface area contributed by atoms with Gasteiger partial charge in [-0.05, 0) is 18.3 Å². The standard InChI is InChI=1S/C10H19NO4S/c1-10(2,3)7-16(14,15)11(6-9(12)13)8-4-5-8/h8H,4-7H2,1-3H3,(H,12,13). The molecule has 0 heterocycles. The molecule has 0 aromatic rings. The molecule has 0 atom stereocenters. The predicted octanol–water partition coefficient (Wildman–Crippen LogP) is 0.911. The molecule has 0 aliphatic heterocycles. The summed E-state index contributed by atoms with van der Waals surface area (Å²) >= 11 is 0. The number of nitrogens with zero attached hydrogens (tertiary/aromatic N) is 1. The summed E-state index contributed by atoms with van der Waals surface area (Å²) in [6.07, 6.45) is 1.55. The van der Waals surface area contributed by atoms with E-state index in [0.29, 0.717) is 0 Å². The molecule has 0 saturated heterocycles. The van der Waals surface area contributed by atoms with E-state index in [-0.39, 0.29) is 17.2 Å². The Hall–Kier alpha value is -0.620. The average molecular weight is 249 g/mol. The fourth-order valence-corrected chi connectivity index (χ4v) is 3.81. The molecule has 0 bridgehead atoms. The molecule has 5 nitrogen and oxygen atoms in total. The van der Waals surface area contributed by atoms with Gasteiger partial charge in [-0.15, -0.1) is 0 Å². The lowest BCUT2D eigenvalue weighted by atomic mass is 10.0. The SMILES string of the molecule is CC(C)(C)CS(=O)(=O)N(CC(=O)O)C1CC1. The predicted molar refractivity (Wildman–Crippen MR) is 60.6 cm³/mol. The van der Waals surface area contributed by atoms with Crippen molar-refractivity contribution in [3.05, 3.63) is 0 Å². The minimum Gasteiger partial charge on any atom is -0.480 e. The first-order valence-electron chi connectivity index (χ1n) is 5.33. The Morgan fingerprint density at radius 3 is 2.19 bits per heavy atom. The van der Waals surface area contributed by atoms with Gasteiger partial charge in [0.05, 0.1) is 5.75 Å². The minimum atomic E-state index is -3.46. The average Bonchev–Trinajstić information content (AvgIpc) is 2.76. The van der Waals surface area contributed by atoms with Crippen molar-refractivity contribution in [2.75, 3.05) is 12.3 Å². The number of rotatable bonds is 5. The highest BCUT2D eigenvalue weighted by Crippen LogP contribution is 2.31. The van der Waals surface area contributed by atoms with Crippen LogP contribution < -0.4 is 0 Å². The van der Waals surface area contributed by atoms with Crippen molar-refractivity contribution in [2.24, 2.45) is 5.41 Å². The number of sulfonamides is 1. The molecule has 6 heteroatoms. The van der Waals surface area contributed by atoms with E-state index >= 15 is 0 Å². The van der Waals surface area contributed by atoms with Gasteiger partial charge in [0.2, 0.25) is 10.0 Å². The summed E-state index contributed by atoms with van der Waals surface area (Å²) in [7, 11) is -3.46. The zero-order valence-electron chi connectivity index (χ0n) is 9.93. The third-order valence-corrected chi connectivity index (χ3v) is 4.59. The normalized spacial score (nSPS) is 17.8. The Morgan fingerprint density at radius 1 is 1.38 bits per heavy atom. The van der Waals surface area contributed by atoms with Crippen molar-refractivity contribution in [1.82, 2.24) is 4.31 Å².